The smallest absolute Gasteiger partial charge is 0.292 e. The summed E-state index contributed by atoms with van der Waals surface area (Å²) in [5.41, 5.74) is 1.80. The predicted molar refractivity (Wildman–Crippen MR) is 119 cm³/mol. The Morgan fingerprint density at radius 2 is 1.39 bits per heavy atom. The lowest BCUT2D eigenvalue weighted by atomic mass is 10.1. The van der Waals surface area contributed by atoms with Gasteiger partial charge in [-0.15, -0.1) is 0 Å². The molecule has 0 atom stereocenters. The number of rotatable bonds is 14. The van der Waals surface area contributed by atoms with Crippen molar-refractivity contribution >= 4 is 20.2 Å². The molecule has 1 N–H and O–H groups in total. The van der Waals surface area contributed by atoms with Gasteiger partial charge in [0.2, 0.25) is 8.32 Å². The third-order valence-electron chi connectivity index (χ3n) is 4.65. The van der Waals surface area contributed by atoms with E-state index in [1.807, 2.05) is 50.8 Å². The summed E-state index contributed by atoms with van der Waals surface area (Å²) in [7, 11) is -1.72. The van der Waals surface area contributed by atoms with Gasteiger partial charge in [-0.3, -0.25) is 9.59 Å². The predicted octanol–water partition coefficient (Wildman–Crippen LogP) is 6.00. The molecule has 1 aromatic rings. The van der Waals surface area contributed by atoms with Crippen molar-refractivity contribution in [3.8, 4) is 0 Å². The monoisotopic (exact) mass is 405 g/mol. The van der Waals surface area contributed by atoms with E-state index in [1.54, 1.807) is 0 Å². The Kier molecular flexibility index (Phi) is 11.8. The molecule has 0 saturated heterocycles. The van der Waals surface area contributed by atoms with Gasteiger partial charge in [-0.2, -0.15) is 0 Å². The molecule has 0 heterocycles. The normalized spacial score (nSPS) is 11.3. The van der Waals surface area contributed by atoms with Gasteiger partial charge in [0, 0.05) is 18.5 Å². The zero-order chi connectivity index (χ0) is 20.8. The average molecular weight is 406 g/mol. The van der Waals surface area contributed by atoms with Crippen molar-refractivity contribution in [2.75, 3.05) is 6.54 Å². The number of carbonyl (C=O) groups excluding carboxylic acids is 2. The van der Waals surface area contributed by atoms with Crippen molar-refractivity contribution in [2.45, 2.75) is 90.8 Å². The van der Waals surface area contributed by atoms with E-state index in [-0.39, 0.29) is 11.9 Å². The van der Waals surface area contributed by atoms with Crippen molar-refractivity contribution in [3.63, 3.8) is 0 Å². The fourth-order valence-corrected chi connectivity index (χ4v) is 3.93. The van der Waals surface area contributed by atoms with Crippen molar-refractivity contribution in [3.05, 3.63) is 35.4 Å². The van der Waals surface area contributed by atoms with Crippen LogP contribution in [0.3, 0.4) is 0 Å². The maximum absolute atomic E-state index is 12.1. The summed E-state index contributed by atoms with van der Waals surface area (Å²) >= 11 is 0. The van der Waals surface area contributed by atoms with E-state index < -0.39 is 8.32 Å². The summed E-state index contributed by atoms with van der Waals surface area (Å²) in [6.45, 7) is 8.85. The number of hydrogen-bond donors (Lipinski definition) is 1. The lowest BCUT2D eigenvalue weighted by Crippen LogP contribution is -2.28. The van der Waals surface area contributed by atoms with Crippen LogP contribution in [0.2, 0.25) is 19.6 Å². The molecule has 4 nitrogen and oxygen atoms in total. The highest BCUT2D eigenvalue weighted by atomic mass is 28.4. The minimum atomic E-state index is -1.72. The molecule has 28 heavy (non-hydrogen) atoms. The van der Waals surface area contributed by atoms with Gasteiger partial charge in [-0.05, 0) is 51.0 Å². The van der Waals surface area contributed by atoms with Crippen LogP contribution < -0.4 is 5.32 Å². The molecule has 0 bridgehead atoms. The lowest BCUT2D eigenvalue weighted by molar-refractivity contribution is -0.135. The van der Waals surface area contributed by atoms with Crippen LogP contribution in [0.5, 0.6) is 0 Å². The third kappa shape index (κ3) is 12.0. The number of amides is 1. The number of nitrogens with one attached hydrogen (secondary N) is 1. The SMILES string of the molecule is Cc1ccccc1C(=O)NCCCCCCCCCCCC(=O)O[Si](C)(C)C. The zero-order valence-electron chi connectivity index (χ0n) is 18.3. The Bertz CT molecular complexity index is 596. The molecule has 0 spiro atoms. The Morgan fingerprint density at radius 3 is 1.96 bits per heavy atom. The van der Waals surface area contributed by atoms with E-state index in [9.17, 15) is 9.59 Å². The fraction of sp³-hybridized carbons (Fsp3) is 0.652. The fourth-order valence-electron chi connectivity index (χ4n) is 3.15. The van der Waals surface area contributed by atoms with Crippen LogP contribution in [-0.2, 0) is 9.22 Å². The van der Waals surface area contributed by atoms with Gasteiger partial charge in [-0.1, -0.05) is 63.1 Å². The lowest BCUT2D eigenvalue weighted by Gasteiger charge is -2.17. The van der Waals surface area contributed by atoms with Gasteiger partial charge in [0.25, 0.3) is 11.9 Å². The van der Waals surface area contributed by atoms with E-state index in [4.69, 9.17) is 4.43 Å². The number of hydrogen-bond acceptors (Lipinski definition) is 3. The van der Waals surface area contributed by atoms with Gasteiger partial charge < -0.3 is 9.74 Å². The summed E-state index contributed by atoms with van der Waals surface area (Å²) in [6.07, 6.45) is 11.0. The van der Waals surface area contributed by atoms with E-state index in [0.29, 0.717) is 6.42 Å². The van der Waals surface area contributed by atoms with E-state index in [1.165, 1.54) is 32.1 Å². The minimum absolute atomic E-state index is 0.0197. The molecule has 0 radical (unpaired) electrons. The van der Waals surface area contributed by atoms with Crippen molar-refractivity contribution < 1.29 is 14.0 Å². The Balaban J connectivity index is 1.90. The topological polar surface area (TPSA) is 55.4 Å². The molecular weight excluding hydrogens is 366 g/mol. The molecule has 0 aromatic heterocycles. The standard InChI is InChI=1S/C23H39NO3Si/c1-20-16-13-14-17-21(20)23(26)24-19-15-11-9-7-5-6-8-10-12-18-22(25)27-28(2,3)4/h13-14,16-17H,5-12,15,18-19H2,1-4H3,(H,24,26). The first-order valence-corrected chi connectivity index (χ1v) is 14.3. The summed E-state index contributed by atoms with van der Waals surface area (Å²) < 4.78 is 5.45. The minimum Gasteiger partial charge on any atom is -0.520 e. The zero-order valence-corrected chi connectivity index (χ0v) is 19.3. The summed E-state index contributed by atoms with van der Waals surface area (Å²) in [6, 6.07) is 7.70. The molecule has 1 amide bonds. The van der Waals surface area contributed by atoms with Crippen LogP contribution in [0.15, 0.2) is 24.3 Å². The highest BCUT2D eigenvalue weighted by Gasteiger charge is 2.19. The Labute approximate surface area is 172 Å². The summed E-state index contributed by atoms with van der Waals surface area (Å²) in [5, 5.41) is 3.01. The van der Waals surface area contributed by atoms with Gasteiger partial charge in [0.05, 0.1) is 0 Å². The van der Waals surface area contributed by atoms with Gasteiger partial charge in [0.15, 0.2) is 0 Å². The van der Waals surface area contributed by atoms with Crippen molar-refractivity contribution in [2.24, 2.45) is 0 Å². The third-order valence-corrected chi connectivity index (χ3v) is 5.49. The quantitative estimate of drug-likeness (QED) is 0.305. The van der Waals surface area contributed by atoms with Crippen molar-refractivity contribution in [1.29, 1.82) is 0 Å². The second-order valence-electron chi connectivity index (χ2n) is 8.59. The van der Waals surface area contributed by atoms with Crippen LogP contribution in [-0.4, -0.2) is 26.7 Å². The number of unbranched alkanes of at least 4 members (excludes halogenated alkanes) is 8. The number of benzene rings is 1. The van der Waals surface area contributed by atoms with Crippen LogP contribution in [0, 0.1) is 6.92 Å². The molecule has 158 valence electrons. The largest absolute Gasteiger partial charge is 0.520 e. The maximum atomic E-state index is 12.1. The van der Waals surface area contributed by atoms with Gasteiger partial charge >= 0.3 is 0 Å². The molecular formula is C23H39NO3Si. The molecule has 0 saturated carbocycles. The van der Waals surface area contributed by atoms with Crippen molar-refractivity contribution in [1.82, 2.24) is 5.32 Å². The Morgan fingerprint density at radius 1 is 0.857 bits per heavy atom. The average Bonchev–Trinajstić information content (AvgIpc) is 2.61. The first-order chi connectivity index (χ1) is 13.3. The molecule has 1 aromatic carbocycles. The summed E-state index contributed by atoms with van der Waals surface area (Å²) in [5.74, 6) is 0.0144. The molecule has 1 rings (SSSR count). The Hall–Kier alpha value is -1.62. The van der Waals surface area contributed by atoms with Gasteiger partial charge in [0.1, 0.15) is 0 Å². The van der Waals surface area contributed by atoms with Crippen LogP contribution >= 0.6 is 0 Å². The number of aryl methyl sites for hydroxylation is 1. The molecule has 5 heteroatoms. The second kappa shape index (κ2) is 13.5. The molecule has 0 aliphatic carbocycles. The molecule has 0 unspecified atom stereocenters. The summed E-state index contributed by atoms with van der Waals surface area (Å²) in [4.78, 5) is 23.7. The first kappa shape index (κ1) is 24.4. The molecule has 0 aliphatic rings. The first-order valence-electron chi connectivity index (χ1n) is 10.9. The maximum Gasteiger partial charge on any atom is 0.292 e. The molecule has 0 fully saturated rings. The van der Waals surface area contributed by atoms with E-state index in [0.717, 1.165) is 43.4 Å². The van der Waals surface area contributed by atoms with Gasteiger partial charge in [-0.25, -0.2) is 0 Å². The van der Waals surface area contributed by atoms with E-state index in [2.05, 4.69) is 5.32 Å². The highest BCUT2D eigenvalue weighted by Crippen LogP contribution is 2.12. The highest BCUT2D eigenvalue weighted by molar-refractivity contribution is 6.71. The van der Waals surface area contributed by atoms with E-state index >= 15 is 0 Å². The van der Waals surface area contributed by atoms with Crippen LogP contribution in [0.1, 0.15) is 80.1 Å². The van der Waals surface area contributed by atoms with Crippen LogP contribution in [0.4, 0.5) is 0 Å². The second-order valence-corrected chi connectivity index (χ2v) is 13.0. The molecule has 0 aliphatic heterocycles. The number of carbonyl (C=O) groups is 2. The van der Waals surface area contributed by atoms with Crippen LogP contribution in [0.25, 0.3) is 0 Å².